The summed E-state index contributed by atoms with van der Waals surface area (Å²) in [5.74, 6) is 0.440. The van der Waals surface area contributed by atoms with E-state index in [2.05, 4.69) is 10.1 Å². The van der Waals surface area contributed by atoms with Crippen LogP contribution in [-0.2, 0) is 9.84 Å². The monoisotopic (exact) mass is 321 g/mol. The summed E-state index contributed by atoms with van der Waals surface area (Å²) in [6.45, 7) is -2.94. The first-order valence-electron chi connectivity index (χ1n) is 6.49. The molecule has 0 unspecified atom stereocenters. The van der Waals surface area contributed by atoms with Gasteiger partial charge in [0, 0.05) is 17.8 Å². The summed E-state index contributed by atoms with van der Waals surface area (Å²) in [6, 6.07) is 4.63. The number of halogens is 2. The fourth-order valence-electron chi connectivity index (χ4n) is 2.22. The first-order chi connectivity index (χ1) is 9.89. The Morgan fingerprint density at radius 3 is 2.48 bits per heavy atom. The third kappa shape index (κ3) is 4.45. The molecule has 0 bridgehead atoms. The van der Waals surface area contributed by atoms with E-state index in [-0.39, 0.29) is 29.0 Å². The highest BCUT2D eigenvalue weighted by Gasteiger charge is 2.23. The van der Waals surface area contributed by atoms with E-state index in [1.165, 1.54) is 19.2 Å². The molecule has 2 rings (SSSR count). The van der Waals surface area contributed by atoms with Gasteiger partial charge in [-0.1, -0.05) is 0 Å². The van der Waals surface area contributed by atoms with Crippen molar-refractivity contribution in [2.45, 2.75) is 25.5 Å². The van der Waals surface area contributed by atoms with Crippen LogP contribution in [0.5, 0.6) is 11.5 Å². The highest BCUT2D eigenvalue weighted by molar-refractivity contribution is 7.91. The van der Waals surface area contributed by atoms with Crippen molar-refractivity contribution in [2.24, 2.45) is 0 Å². The molecule has 21 heavy (non-hydrogen) atoms. The molecule has 1 saturated heterocycles. The van der Waals surface area contributed by atoms with Crippen LogP contribution in [0.25, 0.3) is 0 Å². The van der Waals surface area contributed by atoms with Gasteiger partial charge in [0.25, 0.3) is 0 Å². The second-order valence-corrected chi connectivity index (χ2v) is 7.12. The molecule has 1 N–H and O–H groups in total. The maximum atomic E-state index is 12.3. The normalized spacial score (nSPS) is 18.5. The molecule has 5 nitrogen and oxygen atoms in total. The van der Waals surface area contributed by atoms with Crippen molar-refractivity contribution >= 4 is 15.5 Å². The average Bonchev–Trinajstić information content (AvgIpc) is 2.41. The van der Waals surface area contributed by atoms with E-state index in [1.54, 1.807) is 6.07 Å². The first kappa shape index (κ1) is 15.8. The molecule has 0 saturated carbocycles. The zero-order valence-corrected chi connectivity index (χ0v) is 12.3. The van der Waals surface area contributed by atoms with Crippen LogP contribution >= 0.6 is 0 Å². The summed E-state index contributed by atoms with van der Waals surface area (Å²) >= 11 is 0. The second-order valence-electron chi connectivity index (χ2n) is 4.81. The summed E-state index contributed by atoms with van der Waals surface area (Å²) in [7, 11) is -1.56. The van der Waals surface area contributed by atoms with Crippen molar-refractivity contribution in [3.8, 4) is 11.5 Å². The number of ether oxygens (including phenoxy) is 2. The van der Waals surface area contributed by atoms with E-state index in [4.69, 9.17) is 4.74 Å². The zero-order chi connectivity index (χ0) is 15.5. The molecule has 0 aliphatic carbocycles. The van der Waals surface area contributed by atoms with E-state index >= 15 is 0 Å². The van der Waals surface area contributed by atoms with Crippen molar-refractivity contribution in [1.82, 2.24) is 0 Å². The van der Waals surface area contributed by atoms with E-state index in [0.29, 0.717) is 18.5 Å². The molecular formula is C13H17F2NO4S. The topological polar surface area (TPSA) is 64.6 Å². The van der Waals surface area contributed by atoms with Gasteiger partial charge in [0.05, 0.1) is 18.6 Å². The van der Waals surface area contributed by atoms with Crippen molar-refractivity contribution in [2.75, 3.05) is 23.9 Å². The van der Waals surface area contributed by atoms with Crippen molar-refractivity contribution in [3.63, 3.8) is 0 Å². The Morgan fingerprint density at radius 2 is 1.90 bits per heavy atom. The van der Waals surface area contributed by atoms with Crippen LogP contribution in [0.2, 0.25) is 0 Å². The third-order valence-electron chi connectivity index (χ3n) is 3.31. The molecule has 0 atom stereocenters. The van der Waals surface area contributed by atoms with E-state index in [1.807, 2.05) is 0 Å². The molecule has 0 radical (unpaired) electrons. The van der Waals surface area contributed by atoms with Crippen LogP contribution in [0, 0.1) is 0 Å². The maximum Gasteiger partial charge on any atom is 0.387 e. The molecule has 0 amide bonds. The van der Waals surface area contributed by atoms with Gasteiger partial charge in [0.1, 0.15) is 9.84 Å². The molecule has 1 heterocycles. The van der Waals surface area contributed by atoms with Crippen LogP contribution < -0.4 is 14.8 Å². The summed E-state index contributed by atoms with van der Waals surface area (Å²) in [4.78, 5) is 0. The van der Waals surface area contributed by atoms with E-state index < -0.39 is 16.4 Å². The van der Waals surface area contributed by atoms with Gasteiger partial charge in [-0.15, -0.1) is 0 Å². The van der Waals surface area contributed by atoms with Crippen LogP contribution in [0.15, 0.2) is 18.2 Å². The Morgan fingerprint density at radius 1 is 1.24 bits per heavy atom. The number of benzene rings is 1. The molecule has 118 valence electrons. The Hall–Kier alpha value is -1.57. The van der Waals surface area contributed by atoms with Gasteiger partial charge in [-0.2, -0.15) is 8.78 Å². The van der Waals surface area contributed by atoms with E-state index in [9.17, 15) is 17.2 Å². The molecule has 1 fully saturated rings. The molecule has 0 aromatic heterocycles. The fourth-order valence-corrected chi connectivity index (χ4v) is 3.72. The average molecular weight is 321 g/mol. The van der Waals surface area contributed by atoms with Crippen LogP contribution in [0.1, 0.15) is 12.8 Å². The minimum Gasteiger partial charge on any atom is -0.493 e. The lowest BCUT2D eigenvalue weighted by molar-refractivity contribution is -0.0511. The number of rotatable bonds is 5. The Bertz CT molecular complexity index is 578. The standard InChI is InChI=1S/C13H17F2NO4S/c1-19-11-3-2-10(8-12(11)20-13(14)15)16-9-4-6-21(17,18)7-5-9/h2-3,8-9,13,16H,4-7H2,1H3. The quantitative estimate of drug-likeness (QED) is 0.901. The highest BCUT2D eigenvalue weighted by atomic mass is 32.2. The second kappa shape index (κ2) is 6.46. The van der Waals surface area contributed by atoms with Crippen molar-refractivity contribution in [3.05, 3.63) is 18.2 Å². The Balaban J connectivity index is 2.07. The summed E-state index contributed by atoms with van der Waals surface area (Å²) in [5, 5.41) is 3.14. The number of methoxy groups -OCH3 is 1. The number of nitrogens with one attached hydrogen (secondary N) is 1. The lowest BCUT2D eigenvalue weighted by Gasteiger charge is -2.24. The SMILES string of the molecule is COc1ccc(NC2CCS(=O)(=O)CC2)cc1OC(F)F. The van der Waals surface area contributed by atoms with Crippen molar-refractivity contribution < 1.29 is 26.7 Å². The summed E-state index contributed by atoms with van der Waals surface area (Å²) < 4.78 is 56.8. The largest absolute Gasteiger partial charge is 0.493 e. The van der Waals surface area contributed by atoms with Gasteiger partial charge in [0.2, 0.25) is 0 Å². The minimum absolute atomic E-state index is 0.00122. The fraction of sp³-hybridized carbons (Fsp3) is 0.538. The minimum atomic E-state index is -2.94. The number of hydrogen-bond donors (Lipinski definition) is 1. The van der Waals surface area contributed by atoms with Gasteiger partial charge in [-0.3, -0.25) is 0 Å². The predicted molar refractivity (Wildman–Crippen MR) is 74.9 cm³/mol. The first-order valence-corrected chi connectivity index (χ1v) is 8.31. The Labute approximate surface area is 122 Å². The number of anilines is 1. The van der Waals surface area contributed by atoms with Gasteiger partial charge < -0.3 is 14.8 Å². The smallest absolute Gasteiger partial charge is 0.387 e. The number of hydrogen-bond acceptors (Lipinski definition) is 5. The van der Waals surface area contributed by atoms with E-state index in [0.717, 1.165) is 0 Å². The molecule has 0 spiro atoms. The Kier molecular flexibility index (Phi) is 4.87. The summed E-state index contributed by atoms with van der Waals surface area (Å²) in [5.41, 5.74) is 0.593. The van der Waals surface area contributed by atoms with Crippen LogP contribution in [0.4, 0.5) is 14.5 Å². The van der Waals surface area contributed by atoms with Crippen LogP contribution in [0.3, 0.4) is 0 Å². The molecule has 1 aromatic rings. The molecule has 1 aromatic carbocycles. The van der Waals surface area contributed by atoms with Crippen LogP contribution in [-0.4, -0.2) is 39.7 Å². The lowest BCUT2D eigenvalue weighted by atomic mass is 10.1. The number of sulfone groups is 1. The van der Waals surface area contributed by atoms with Gasteiger partial charge in [-0.25, -0.2) is 8.42 Å². The predicted octanol–water partition coefficient (Wildman–Crippen LogP) is 2.29. The molecular weight excluding hydrogens is 304 g/mol. The zero-order valence-electron chi connectivity index (χ0n) is 11.5. The molecule has 8 heteroatoms. The third-order valence-corrected chi connectivity index (χ3v) is 5.02. The van der Waals surface area contributed by atoms with Gasteiger partial charge in [-0.05, 0) is 25.0 Å². The molecule has 1 aliphatic rings. The summed E-state index contributed by atoms with van der Waals surface area (Å²) in [6.07, 6.45) is 0.999. The van der Waals surface area contributed by atoms with Gasteiger partial charge >= 0.3 is 6.61 Å². The van der Waals surface area contributed by atoms with Gasteiger partial charge in [0.15, 0.2) is 11.5 Å². The van der Waals surface area contributed by atoms with Crippen molar-refractivity contribution in [1.29, 1.82) is 0 Å². The molecule has 1 aliphatic heterocycles. The number of alkyl halides is 2. The lowest BCUT2D eigenvalue weighted by Crippen LogP contribution is -2.32. The maximum absolute atomic E-state index is 12.3. The highest BCUT2D eigenvalue weighted by Crippen LogP contribution is 2.32.